The summed E-state index contributed by atoms with van der Waals surface area (Å²) in [5.74, 6) is -0.542. The number of fused-ring (bicyclic) bond motifs is 1. The molecule has 34 heavy (non-hydrogen) atoms. The topological polar surface area (TPSA) is 106 Å². The van der Waals surface area contributed by atoms with Crippen LogP contribution in [0, 0.1) is 0 Å². The molecule has 1 amide bonds. The summed E-state index contributed by atoms with van der Waals surface area (Å²) in [5.41, 5.74) is 5.07. The SMILES string of the molecule is CCOc1nc2cccc(C(=O)O)c2n1Cc1ccc(-c2ccccc2C2=NCC(=O)N2)cc1. The van der Waals surface area contributed by atoms with Crippen LogP contribution in [-0.4, -0.2) is 45.5 Å². The van der Waals surface area contributed by atoms with Gasteiger partial charge in [-0.3, -0.25) is 14.4 Å². The summed E-state index contributed by atoms with van der Waals surface area (Å²) in [6.07, 6.45) is 0. The molecule has 5 rings (SSSR count). The molecule has 3 aromatic carbocycles. The minimum atomic E-state index is -1.01. The third-order valence-corrected chi connectivity index (χ3v) is 5.66. The van der Waals surface area contributed by atoms with E-state index < -0.39 is 5.97 Å². The summed E-state index contributed by atoms with van der Waals surface area (Å²) >= 11 is 0. The van der Waals surface area contributed by atoms with Crippen molar-refractivity contribution in [1.29, 1.82) is 0 Å². The molecule has 4 aromatic rings. The smallest absolute Gasteiger partial charge is 0.337 e. The predicted octanol–water partition coefficient (Wildman–Crippen LogP) is 3.72. The van der Waals surface area contributed by atoms with Gasteiger partial charge in [-0.2, -0.15) is 4.98 Å². The fourth-order valence-electron chi connectivity index (χ4n) is 4.15. The molecule has 1 aromatic heterocycles. The van der Waals surface area contributed by atoms with Crippen molar-refractivity contribution in [3.63, 3.8) is 0 Å². The molecule has 0 saturated heterocycles. The molecule has 0 spiro atoms. The molecule has 2 N–H and O–H groups in total. The maximum atomic E-state index is 11.8. The normalized spacial score (nSPS) is 13.1. The zero-order valence-corrected chi connectivity index (χ0v) is 18.5. The van der Waals surface area contributed by atoms with Crippen molar-refractivity contribution < 1.29 is 19.4 Å². The lowest BCUT2D eigenvalue weighted by Crippen LogP contribution is -2.25. The molecule has 8 heteroatoms. The highest BCUT2D eigenvalue weighted by molar-refractivity contribution is 6.15. The van der Waals surface area contributed by atoms with Crippen LogP contribution in [0.1, 0.15) is 28.4 Å². The largest absolute Gasteiger partial charge is 0.478 e. The maximum absolute atomic E-state index is 11.8. The van der Waals surface area contributed by atoms with E-state index >= 15 is 0 Å². The van der Waals surface area contributed by atoms with Gasteiger partial charge in [-0.15, -0.1) is 0 Å². The van der Waals surface area contributed by atoms with Crippen molar-refractivity contribution in [2.24, 2.45) is 4.99 Å². The molecule has 0 unspecified atom stereocenters. The second-order valence-electron chi connectivity index (χ2n) is 7.85. The third kappa shape index (κ3) is 3.90. The van der Waals surface area contributed by atoms with Crippen LogP contribution >= 0.6 is 0 Å². The molecular formula is C26H22N4O4. The third-order valence-electron chi connectivity index (χ3n) is 5.66. The molecule has 0 aliphatic carbocycles. The Morgan fingerprint density at radius 2 is 1.82 bits per heavy atom. The van der Waals surface area contributed by atoms with Gasteiger partial charge in [0.1, 0.15) is 12.4 Å². The van der Waals surface area contributed by atoms with Gasteiger partial charge in [0, 0.05) is 5.56 Å². The highest BCUT2D eigenvalue weighted by Crippen LogP contribution is 2.28. The summed E-state index contributed by atoms with van der Waals surface area (Å²) < 4.78 is 7.51. The number of carbonyl (C=O) groups is 2. The van der Waals surface area contributed by atoms with Crippen molar-refractivity contribution in [3.8, 4) is 17.1 Å². The Hall–Kier alpha value is -4.46. The number of hydrogen-bond donors (Lipinski definition) is 2. The number of aliphatic imine (C=N–C) groups is 1. The Bertz CT molecular complexity index is 1440. The number of hydrogen-bond acceptors (Lipinski definition) is 5. The second-order valence-corrected chi connectivity index (χ2v) is 7.85. The van der Waals surface area contributed by atoms with E-state index in [4.69, 9.17) is 4.74 Å². The molecule has 0 saturated carbocycles. The highest BCUT2D eigenvalue weighted by atomic mass is 16.5. The molecule has 0 fully saturated rings. The molecule has 0 atom stereocenters. The van der Waals surface area contributed by atoms with Crippen LogP contribution in [0.3, 0.4) is 0 Å². The van der Waals surface area contributed by atoms with E-state index in [9.17, 15) is 14.7 Å². The summed E-state index contributed by atoms with van der Waals surface area (Å²) in [5, 5.41) is 12.5. The molecule has 170 valence electrons. The number of ether oxygens (including phenoxy) is 1. The van der Waals surface area contributed by atoms with Crippen LogP contribution in [0.25, 0.3) is 22.2 Å². The first kappa shape index (κ1) is 21.4. The molecule has 8 nitrogen and oxygen atoms in total. The van der Waals surface area contributed by atoms with Crippen LogP contribution in [-0.2, 0) is 11.3 Å². The number of carboxylic acids is 1. The van der Waals surface area contributed by atoms with Gasteiger partial charge in [0.15, 0.2) is 0 Å². The lowest BCUT2D eigenvalue weighted by Gasteiger charge is -2.13. The fourth-order valence-corrected chi connectivity index (χ4v) is 4.15. The average Bonchev–Trinajstić information content (AvgIpc) is 3.43. The Kier molecular flexibility index (Phi) is 5.55. The van der Waals surface area contributed by atoms with Crippen LogP contribution < -0.4 is 10.1 Å². The van der Waals surface area contributed by atoms with Gasteiger partial charge in [0.2, 0.25) is 5.91 Å². The zero-order chi connectivity index (χ0) is 23.7. The van der Waals surface area contributed by atoms with Gasteiger partial charge in [-0.05, 0) is 35.7 Å². The van der Waals surface area contributed by atoms with Crippen LogP contribution in [0.4, 0.5) is 0 Å². The monoisotopic (exact) mass is 454 g/mol. The van der Waals surface area contributed by atoms with Gasteiger partial charge in [0.05, 0.1) is 29.7 Å². The van der Waals surface area contributed by atoms with Gasteiger partial charge in [-0.25, -0.2) is 4.79 Å². The van der Waals surface area contributed by atoms with E-state index in [0.717, 1.165) is 22.3 Å². The number of nitrogens with zero attached hydrogens (tertiary/aromatic N) is 3. The van der Waals surface area contributed by atoms with Gasteiger partial charge in [0.25, 0.3) is 6.01 Å². The second kappa shape index (κ2) is 8.82. The molecule has 0 bridgehead atoms. The number of imidazole rings is 1. The molecule has 2 heterocycles. The highest BCUT2D eigenvalue weighted by Gasteiger charge is 2.20. The molecule has 1 aliphatic rings. The first-order valence-electron chi connectivity index (χ1n) is 10.9. The maximum Gasteiger partial charge on any atom is 0.337 e. The van der Waals surface area contributed by atoms with E-state index in [1.54, 1.807) is 22.8 Å². The average molecular weight is 454 g/mol. The zero-order valence-electron chi connectivity index (χ0n) is 18.5. The minimum Gasteiger partial charge on any atom is -0.478 e. The Morgan fingerprint density at radius 1 is 1.06 bits per heavy atom. The van der Waals surface area contributed by atoms with Crippen molar-refractivity contribution in [2.75, 3.05) is 13.2 Å². The number of carboxylic acid groups (broad SMARTS) is 1. The van der Waals surface area contributed by atoms with E-state index in [0.29, 0.717) is 36.0 Å². The van der Waals surface area contributed by atoms with Crippen LogP contribution in [0.15, 0.2) is 71.7 Å². The lowest BCUT2D eigenvalue weighted by atomic mass is 9.98. The predicted molar refractivity (Wildman–Crippen MR) is 128 cm³/mol. The Morgan fingerprint density at radius 3 is 2.50 bits per heavy atom. The summed E-state index contributed by atoms with van der Waals surface area (Å²) in [4.78, 5) is 32.3. The van der Waals surface area contributed by atoms with Crippen LogP contribution in [0.5, 0.6) is 6.01 Å². The van der Waals surface area contributed by atoms with Crippen molar-refractivity contribution in [3.05, 3.63) is 83.4 Å². The number of benzene rings is 3. The van der Waals surface area contributed by atoms with E-state index in [1.165, 1.54) is 0 Å². The van der Waals surface area contributed by atoms with Crippen molar-refractivity contribution in [1.82, 2.24) is 14.9 Å². The van der Waals surface area contributed by atoms with Crippen LogP contribution in [0.2, 0.25) is 0 Å². The number of carbonyl (C=O) groups excluding carboxylic acids is 1. The fraction of sp³-hybridized carbons (Fsp3) is 0.154. The van der Waals surface area contributed by atoms with Crippen molar-refractivity contribution in [2.45, 2.75) is 13.5 Å². The lowest BCUT2D eigenvalue weighted by molar-refractivity contribution is -0.117. The van der Waals surface area contributed by atoms with E-state index in [1.807, 2.05) is 55.5 Å². The number of nitrogens with one attached hydrogen (secondary N) is 1. The first-order chi connectivity index (χ1) is 16.5. The number of amidine groups is 1. The Labute approximate surface area is 195 Å². The molecule has 0 radical (unpaired) electrons. The number of para-hydroxylation sites is 1. The Balaban J connectivity index is 1.50. The number of rotatable bonds is 7. The molecule has 1 aliphatic heterocycles. The summed E-state index contributed by atoms with van der Waals surface area (Å²) in [6.45, 7) is 2.83. The quantitative estimate of drug-likeness (QED) is 0.443. The van der Waals surface area contributed by atoms with Gasteiger partial charge >= 0.3 is 5.97 Å². The minimum absolute atomic E-state index is 0.112. The van der Waals surface area contributed by atoms with E-state index in [2.05, 4.69) is 15.3 Å². The summed E-state index contributed by atoms with van der Waals surface area (Å²) in [6, 6.07) is 21.2. The number of aromatic nitrogens is 2. The van der Waals surface area contributed by atoms with Gasteiger partial charge < -0.3 is 15.2 Å². The first-order valence-corrected chi connectivity index (χ1v) is 10.9. The van der Waals surface area contributed by atoms with E-state index in [-0.39, 0.29) is 18.0 Å². The number of aromatic carboxylic acids is 1. The van der Waals surface area contributed by atoms with Crippen molar-refractivity contribution >= 4 is 28.7 Å². The molecular weight excluding hydrogens is 432 g/mol. The summed E-state index contributed by atoms with van der Waals surface area (Å²) in [7, 11) is 0. The van der Waals surface area contributed by atoms with Gasteiger partial charge in [-0.1, -0.05) is 54.6 Å². The standard InChI is InChI=1S/C26H22N4O4/c1-2-34-26-28-21-9-5-8-20(25(32)33)23(21)30(26)15-16-10-12-17(13-11-16)18-6-3-4-7-19(18)24-27-14-22(31)29-24/h3-13H,2,14-15H2,1H3,(H,32,33)(H,27,29,31). The number of amides is 1.